The highest BCUT2D eigenvalue weighted by atomic mass is 32.2. The maximum Gasteiger partial charge on any atom is 0.410 e. The molecule has 9 nitrogen and oxygen atoms in total. The highest BCUT2D eigenvalue weighted by Crippen LogP contribution is 2.46. The second kappa shape index (κ2) is 8.72. The van der Waals surface area contributed by atoms with Crippen molar-refractivity contribution in [2.45, 2.75) is 69.3 Å². The minimum Gasteiger partial charge on any atom is -0.458 e. The highest BCUT2D eigenvalue weighted by Gasteiger charge is 2.39. The molecule has 0 atom stereocenters. The minimum absolute atomic E-state index is 0.210. The molecule has 0 unspecified atom stereocenters. The average molecular weight is 527 g/mol. The molecule has 2 aliphatic heterocycles. The lowest BCUT2D eigenvalue weighted by Gasteiger charge is -2.33. The van der Waals surface area contributed by atoms with E-state index in [4.69, 9.17) is 9.15 Å². The summed E-state index contributed by atoms with van der Waals surface area (Å²) in [6, 6.07) is 5.27. The predicted molar refractivity (Wildman–Crippen MR) is 141 cm³/mol. The van der Waals surface area contributed by atoms with E-state index >= 15 is 0 Å². The van der Waals surface area contributed by atoms with Crippen LogP contribution in [-0.2, 0) is 20.0 Å². The summed E-state index contributed by atoms with van der Waals surface area (Å²) in [6.45, 7) is 11.7. The molecule has 1 amide bonds. The van der Waals surface area contributed by atoms with Crippen LogP contribution in [0.1, 0.15) is 64.5 Å². The Balaban J connectivity index is 1.43. The van der Waals surface area contributed by atoms with Crippen molar-refractivity contribution >= 4 is 38.5 Å². The normalized spacial score (nSPS) is 18.3. The van der Waals surface area contributed by atoms with Gasteiger partial charge >= 0.3 is 6.09 Å². The third-order valence-corrected chi connectivity index (χ3v) is 8.28. The van der Waals surface area contributed by atoms with E-state index in [0.717, 1.165) is 35.2 Å². The van der Waals surface area contributed by atoms with E-state index in [1.54, 1.807) is 29.6 Å². The first-order valence-electron chi connectivity index (χ1n) is 12.6. The molecule has 37 heavy (non-hydrogen) atoms. The zero-order valence-electron chi connectivity index (χ0n) is 22.2. The number of benzene rings is 1. The van der Waals surface area contributed by atoms with Crippen LogP contribution in [0.15, 0.2) is 40.1 Å². The second-order valence-corrected chi connectivity index (χ2v) is 13.7. The van der Waals surface area contributed by atoms with Gasteiger partial charge in [-0.05, 0) is 63.3 Å². The summed E-state index contributed by atoms with van der Waals surface area (Å²) >= 11 is 0. The molecular weight excluding hydrogens is 492 g/mol. The summed E-state index contributed by atoms with van der Waals surface area (Å²) in [5.41, 5.74) is 3.50. The fraction of sp³-hybridized carbons (Fsp3) is 0.519. The number of likely N-dealkylation sites (tertiary alicyclic amines) is 1. The van der Waals surface area contributed by atoms with Gasteiger partial charge in [0.2, 0.25) is 0 Å². The largest absolute Gasteiger partial charge is 0.458 e. The number of anilines is 2. The molecule has 0 bridgehead atoms. The smallest absolute Gasteiger partial charge is 0.410 e. The number of aromatic nitrogens is 2. The predicted octanol–water partition coefficient (Wildman–Crippen LogP) is 5.17. The number of hydrogen-bond acceptors (Lipinski definition) is 8. The Morgan fingerprint density at radius 1 is 1.16 bits per heavy atom. The van der Waals surface area contributed by atoms with Crippen molar-refractivity contribution in [3.63, 3.8) is 0 Å². The van der Waals surface area contributed by atoms with Gasteiger partial charge in [0, 0.05) is 42.6 Å². The van der Waals surface area contributed by atoms with E-state index in [-0.39, 0.29) is 17.4 Å². The number of ether oxygens (including phenoxy) is 1. The molecule has 0 spiro atoms. The third kappa shape index (κ3) is 4.79. The summed E-state index contributed by atoms with van der Waals surface area (Å²) in [4.78, 5) is 25.8. The van der Waals surface area contributed by atoms with Crippen molar-refractivity contribution in [2.75, 3.05) is 30.8 Å². The van der Waals surface area contributed by atoms with Gasteiger partial charge in [0.15, 0.2) is 21.2 Å². The monoisotopic (exact) mass is 526 g/mol. The molecule has 1 fully saturated rings. The van der Waals surface area contributed by atoms with Gasteiger partial charge in [0.05, 0.1) is 11.2 Å². The van der Waals surface area contributed by atoms with Crippen LogP contribution in [0.3, 0.4) is 0 Å². The van der Waals surface area contributed by atoms with Crippen molar-refractivity contribution in [1.29, 1.82) is 0 Å². The van der Waals surface area contributed by atoms with Crippen LogP contribution in [0.5, 0.6) is 0 Å². The molecule has 3 aromatic rings. The first-order chi connectivity index (χ1) is 17.2. The number of sulfone groups is 1. The van der Waals surface area contributed by atoms with Crippen LogP contribution in [0.4, 0.5) is 16.3 Å². The first-order valence-corrected chi connectivity index (χ1v) is 14.5. The lowest BCUT2D eigenvalue weighted by Crippen LogP contribution is -2.41. The summed E-state index contributed by atoms with van der Waals surface area (Å²) in [6.07, 6.45) is 5.86. The molecule has 1 aromatic carbocycles. The Hall–Kier alpha value is -3.14. The number of amides is 1. The summed E-state index contributed by atoms with van der Waals surface area (Å²) < 4.78 is 35.9. The van der Waals surface area contributed by atoms with Gasteiger partial charge in [0.25, 0.3) is 0 Å². The number of rotatable bonds is 3. The molecule has 10 heteroatoms. The molecule has 198 valence electrons. The van der Waals surface area contributed by atoms with E-state index < -0.39 is 15.4 Å². The van der Waals surface area contributed by atoms with Crippen LogP contribution >= 0.6 is 0 Å². The van der Waals surface area contributed by atoms with Gasteiger partial charge in [0.1, 0.15) is 17.4 Å². The van der Waals surface area contributed by atoms with Crippen molar-refractivity contribution in [1.82, 2.24) is 14.9 Å². The van der Waals surface area contributed by atoms with Gasteiger partial charge < -0.3 is 19.0 Å². The number of piperidine rings is 1. The topological polar surface area (TPSA) is 106 Å². The van der Waals surface area contributed by atoms with Crippen molar-refractivity contribution in [3.8, 4) is 0 Å². The molecule has 0 saturated carbocycles. The number of hydrogen-bond donors (Lipinski definition) is 0. The van der Waals surface area contributed by atoms with E-state index in [9.17, 15) is 13.2 Å². The SMILES string of the molecule is CC(C)(C)OC(=O)N1CCC(c2coc3c(N4CC(C)(C)c5cc(S(C)(=O)=O)ccc54)ncnc23)CC1. The molecule has 0 aliphatic carbocycles. The molecule has 2 aliphatic rings. The molecule has 1 saturated heterocycles. The van der Waals surface area contributed by atoms with Crippen molar-refractivity contribution < 1.29 is 22.4 Å². The van der Waals surface area contributed by atoms with E-state index in [1.165, 1.54) is 6.26 Å². The first kappa shape index (κ1) is 25.5. The van der Waals surface area contributed by atoms with Crippen LogP contribution in [0.25, 0.3) is 11.1 Å². The van der Waals surface area contributed by atoms with Crippen LogP contribution in [0, 0.1) is 0 Å². The lowest BCUT2D eigenvalue weighted by atomic mass is 9.87. The molecule has 0 radical (unpaired) electrons. The Morgan fingerprint density at radius 3 is 2.51 bits per heavy atom. The Kier molecular flexibility index (Phi) is 6.01. The van der Waals surface area contributed by atoms with Gasteiger partial charge in [-0.15, -0.1) is 0 Å². The fourth-order valence-corrected chi connectivity index (χ4v) is 5.96. The molecule has 2 aromatic heterocycles. The highest BCUT2D eigenvalue weighted by molar-refractivity contribution is 7.90. The van der Waals surface area contributed by atoms with Gasteiger partial charge in [-0.25, -0.2) is 23.2 Å². The average Bonchev–Trinajstić information content (AvgIpc) is 3.36. The van der Waals surface area contributed by atoms with E-state index in [0.29, 0.717) is 35.9 Å². The zero-order chi connectivity index (χ0) is 26.8. The van der Waals surface area contributed by atoms with Crippen LogP contribution in [-0.4, -0.2) is 60.9 Å². The Bertz CT molecular complexity index is 1460. The zero-order valence-corrected chi connectivity index (χ0v) is 23.1. The van der Waals surface area contributed by atoms with Crippen LogP contribution in [0.2, 0.25) is 0 Å². The molecule has 5 rings (SSSR count). The molecule has 4 heterocycles. The maximum atomic E-state index is 12.5. The van der Waals surface area contributed by atoms with Gasteiger partial charge in [-0.1, -0.05) is 13.8 Å². The summed E-state index contributed by atoms with van der Waals surface area (Å²) in [5.74, 6) is 0.878. The molecular formula is C27H34N4O5S. The quantitative estimate of drug-likeness (QED) is 0.460. The van der Waals surface area contributed by atoms with Crippen LogP contribution < -0.4 is 4.90 Å². The summed E-state index contributed by atoms with van der Waals surface area (Å²) in [7, 11) is -3.31. The number of carbonyl (C=O) groups is 1. The van der Waals surface area contributed by atoms with Crippen molar-refractivity contribution in [3.05, 3.63) is 41.9 Å². The van der Waals surface area contributed by atoms with Crippen molar-refractivity contribution in [2.24, 2.45) is 0 Å². The maximum absolute atomic E-state index is 12.5. The minimum atomic E-state index is -3.31. The summed E-state index contributed by atoms with van der Waals surface area (Å²) in [5, 5.41) is 0. The number of fused-ring (bicyclic) bond motifs is 2. The second-order valence-electron chi connectivity index (χ2n) is 11.7. The Morgan fingerprint density at radius 2 is 1.86 bits per heavy atom. The van der Waals surface area contributed by atoms with Gasteiger partial charge in [-0.3, -0.25) is 0 Å². The standard InChI is InChI=1S/C27H34N4O5S/c1-26(2,3)36-25(32)30-11-9-17(10-12-30)19-14-35-23-22(19)28-16-29-24(23)31-15-27(4,5)20-13-18(37(6,33)34)7-8-21(20)31/h7-8,13-14,16-17H,9-12,15H2,1-6H3. The lowest BCUT2D eigenvalue weighted by molar-refractivity contribution is 0.0205. The van der Waals surface area contributed by atoms with Gasteiger partial charge in [-0.2, -0.15) is 0 Å². The fourth-order valence-electron chi connectivity index (χ4n) is 5.32. The third-order valence-electron chi connectivity index (χ3n) is 7.17. The van der Waals surface area contributed by atoms with E-state index in [1.807, 2.05) is 26.8 Å². The number of carbonyl (C=O) groups excluding carboxylic acids is 1. The number of nitrogens with zero attached hydrogens (tertiary/aromatic N) is 4. The Labute approximate surface area is 217 Å². The number of furan rings is 1. The molecule has 0 N–H and O–H groups in total. The van der Waals surface area contributed by atoms with E-state index in [2.05, 4.69) is 28.7 Å².